The number of aromatic nitrogens is 3. The highest BCUT2D eigenvalue weighted by Gasteiger charge is 2.14. The van der Waals surface area contributed by atoms with Gasteiger partial charge < -0.3 is 0 Å². The van der Waals surface area contributed by atoms with E-state index in [1.165, 1.54) is 11.3 Å². The van der Waals surface area contributed by atoms with E-state index in [0.717, 1.165) is 34.4 Å². The molecule has 0 aliphatic heterocycles. The summed E-state index contributed by atoms with van der Waals surface area (Å²) in [5.74, 6) is -0.180. The van der Waals surface area contributed by atoms with E-state index < -0.39 is 0 Å². The largest absolute Gasteiger partial charge is 0.296 e. The summed E-state index contributed by atoms with van der Waals surface area (Å²) in [4.78, 5) is 17.0. The van der Waals surface area contributed by atoms with Crippen molar-refractivity contribution in [3.63, 3.8) is 0 Å². The Hall–Kier alpha value is -2.34. The third kappa shape index (κ3) is 2.96. The Morgan fingerprint density at radius 2 is 2.09 bits per heavy atom. The zero-order valence-corrected chi connectivity index (χ0v) is 13.3. The Bertz CT molecular complexity index is 828. The molecule has 0 fully saturated rings. The highest BCUT2D eigenvalue weighted by Crippen LogP contribution is 2.21. The average molecular weight is 312 g/mol. The lowest BCUT2D eigenvalue weighted by molar-refractivity contribution is 0.102. The van der Waals surface area contributed by atoms with Crippen LogP contribution in [-0.2, 0) is 6.42 Å². The molecule has 112 valence electrons. The molecule has 0 bridgehead atoms. The summed E-state index contributed by atoms with van der Waals surface area (Å²) in [6.07, 6.45) is 1.89. The number of amides is 1. The number of hydrogen-bond donors (Lipinski definition) is 1. The lowest BCUT2D eigenvalue weighted by Crippen LogP contribution is -2.13. The predicted octanol–water partition coefficient (Wildman–Crippen LogP) is 3.60. The fourth-order valence-electron chi connectivity index (χ4n) is 2.28. The van der Waals surface area contributed by atoms with Gasteiger partial charge in [-0.15, -0.1) is 10.2 Å². The lowest BCUT2D eigenvalue weighted by atomic mass is 10.1. The number of carbonyl (C=O) groups excluding carboxylic acids is 1. The third-order valence-electron chi connectivity index (χ3n) is 3.24. The molecule has 1 amide bonds. The van der Waals surface area contributed by atoms with Crippen LogP contribution < -0.4 is 5.32 Å². The Labute approximate surface area is 132 Å². The summed E-state index contributed by atoms with van der Waals surface area (Å²) in [7, 11) is 0. The van der Waals surface area contributed by atoms with Crippen LogP contribution in [0.25, 0.3) is 10.9 Å². The molecule has 0 aliphatic carbocycles. The van der Waals surface area contributed by atoms with Crippen molar-refractivity contribution < 1.29 is 4.79 Å². The van der Waals surface area contributed by atoms with Crippen molar-refractivity contribution >= 4 is 33.3 Å². The van der Waals surface area contributed by atoms with Gasteiger partial charge in [-0.2, -0.15) is 0 Å². The standard InChI is InChI=1S/C16H16N4OS/c1-3-6-14-19-20-16(22-14)18-15(21)12-9-10(2)17-13-8-5-4-7-11(12)13/h4-5,7-9H,3,6H2,1-2H3,(H,18,20,21). The number of benzene rings is 1. The SMILES string of the molecule is CCCc1nnc(NC(=O)c2cc(C)nc3ccccc23)s1. The number of rotatable bonds is 4. The second-order valence-corrected chi connectivity index (χ2v) is 6.10. The van der Waals surface area contributed by atoms with Crippen LogP contribution in [0, 0.1) is 6.92 Å². The number of pyridine rings is 1. The van der Waals surface area contributed by atoms with Crippen molar-refractivity contribution in [3.8, 4) is 0 Å². The van der Waals surface area contributed by atoms with Gasteiger partial charge in [-0.3, -0.25) is 15.1 Å². The van der Waals surface area contributed by atoms with Gasteiger partial charge in [-0.05, 0) is 25.5 Å². The molecule has 0 unspecified atom stereocenters. The molecule has 0 saturated carbocycles. The fourth-order valence-corrected chi connectivity index (χ4v) is 3.12. The fraction of sp³-hybridized carbons (Fsp3) is 0.250. The number of aryl methyl sites for hydroxylation is 2. The number of anilines is 1. The maximum absolute atomic E-state index is 12.5. The summed E-state index contributed by atoms with van der Waals surface area (Å²) in [6, 6.07) is 9.42. The van der Waals surface area contributed by atoms with Gasteiger partial charge in [0.05, 0.1) is 11.1 Å². The van der Waals surface area contributed by atoms with Crippen LogP contribution in [0.5, 0.6) is 0 Å². The Morgan fingerprint density at radius 3 is 2.91 bits per heavy atom. The van der Waals surface area contributed by atoms with Crippen molar-refractivity contribution in [2.45, 2.75) is 26.7 Å². The van der Waals surface area contributed by atoms with Crippen LogP contribution in [0.2, 0.25) is 0 Å². The first-order valence-corrected chi connectivity index (χ1v) is 7.99. The first-order chi connectivity index (χ1) is 10.7. The Balaban J connectivity index is 1.91. The van der Waals surface area contributed by atoms with E-state index in [0.29, 0.717) is 10.7 Å². The number of hydrogen-bond acceptors (Lipinski definition) is 5. The number of carbonyl (C=O) groups is 1. The molecule has 22 heavy (non-hydrogen) atoms. The highest BCUT2D eigenvalue weighted by atomic mass is 32.1. The molecule has 1 N–H and O–H groups in total. The minimum absolute atomic E-state index is 0.180. The minimum atomic E-state index is -0.180. The summed E-state index contributed by atoms with van der Waals surface area (Å²) < 4.78 is 0. The number of para-hydroxylation sites is 1. The summed E-state index contributed by atoms with van der Waals surface area (Å²) in [5, 5.41) is 13.2. The van der Waals surface area contributed by atoms with Crippen LogP contribution >= 0.6 is 11.3 Å². The molecule has 0 aliphatic rings. The quantitative estimate of drug-likeness (QED) is 0.799. The first-order valence-electron chi connectivity index (χ1n) is 7.17. The zero-order chi connectivity index (χ0) is 15.5. The molecule has 0 atom stereocenters. The van der Waals surface area contributed by atoms with E-state index >= 15 is 0 Å². The van der Waals surface area contributed by atoms with Gasteiger partial charge in [0.25, 0.3) is 5.91 Å². The van der Waals surface area contributed by atoms with Crippen molar-refractivity contribution in [2.24, 2.45) is 0 Å². The Morgan fingerprint density at radius 1 is 1.27 bits per heavy atom. The molecule has 2 aromatic heterocycles. The molecule has 2 heterocycles. The van der Waals surface area contributed by atoms with Gasteiger partial charge in [-0.25, -0.2) is 0 Å². The lowest BCUT2D eigenvalue weighted by Gasteiger charge is -2.07. The van der Waals surface area contributed by atoms with Crippen molar-refractivity contribution in [1.82, 2.24) is 15.2 Å². The van der Waals surface area contributed by atoms with E-state index in [1.807, 2.05) is 31.2 Å². The molecule has 0 radical (unpaired) electrons. The van der Waals surface area contributed by atoms with Crippen LogP contribution in [0.15, 0.2) is 30.3 Å². The van der Waals surface area contributed by atoms with Gasteiger partial charge in [0.15, 0.2) is 0 Å². The van der Waals surface area contributed by atoms with Crippen molar-refractivity contribution in [2.75, 3.05) is 5.32 Å². The zero-order valence-electron chi connectivity index (χ0n) is 12.5. The molecular weight excluding hydrogens is 296 g/mol. The van der Waals surface area contributed by atoms with Crippen LogP contribution in [0.4, 0.5) is 5.13 Å². The summed E-state index contributed by atoms with van der Waals surface area (Å²) in [6.45, 7) is 3.97. The minimum Gasteiger partial charge on any atom is -0.296 e. The van der Waals surface area contributed by atoms with E-state index in [1.54, 1.807) is 6.07 Å². The van der Waals surface area contributed by atoms with E-state index in [2.05, 4.69) is 27.4 Å². The summed E-state index contributed by atoms with van der Waals surface area (Å²) >= 11 is 1.42. The second kappa shape index (κ2) is 6.19. The third-order valence-corrected chi connectivity index (χ3v) is 4.14. The highest BCUT2D eigenvalue weighted by molar-refractivity contribution is 7.15. The molecule has 0 saturated heterocycles. The maximum Gasteiger partial charge on any atom is 0.258 e. The second-order valence-electron chi connectivity index (χ2n) is 5.03. The van der Waals surface area contributed by atoms with E-state index in [9.17, 15) is 4.79 Å². The van der Waals surface area contributed by atoms with Gasteiger partial charge in [-0.1, -0.05) is 36.5 Å². The maximum atomic E-state index is 12.5. The van der Waals surface area contributed by atoms with Crippen molar-refractivity contribution in [3.05, 3.63) is 46.6 Å². The van der Waals surface area contributed by atoms with Crippen molar-refractivity contribution in [1.29, 1.82) is 0 Å². The van der Waals surface area contributed by atoms with Gasteiger partial charge in [0, 0.05) is 17.5 Å². The van der Waals surface area contributed by atoms with Crippen LogP contribution in [0.1, 0.15) is 34.4 Å². The molecule has 1 aromatic carbocycles. The smallest absolute Gasteiger partial charge is 0.258 e. The van der Waals surface area contributed by atoms with Crippen LogP contribution in [0.3, 0.4) is 0 Å². The topological polar surface area (TPSA) is 67.8 Å². The molecule has 6 heteroatoms. The molecule has 3 aromatic rings. The predicted molar refractivity (Wildman–Crippen MR) is 88.3 cm³/mol. The first kappa shape index (κ1) is 14.6. The van der Waals surface area contributed by atoms with Gasteiger partial charge >= 0.3 is 0 Å². The normalized spacial score (nSPS) is 10.8. The average Bonchev–Trinajstić information content (AvgIpc) is 2.94. The van der Waals surface area contributed by atoms with E-state index in [-0.39, 0.29) is 5.91 Å². The summed E-state index contributed by atoms with van der Waals surface area (Å²) in [5.41, 5.74) is 2.24. The van der Waals surface area contributed by atoms with Gasteiger partial charge in [0.1, 0.15) is 5.01 Å². The number of nitrogens with zero attached hydrogens (tertiary/aromatic N) is 3. The van der Waals surface area contributed by atoms with Gasteiger partial charge in [0.2, 0.25) is 5.13 Å². The van der Waals surface area contributed by atoms with Crippen LogP contribution in [-0.4, -0.2) is 21.1 Å². The molecule has 3 rings (SSSR count). The molecule has 5 nitrogen and oxygen atoms in total. The number of nitrogens with one attached hydrogen (secondary N) is 1. The molecular formula is C16H16N4OS. The monoisotopic (exact) mass is 312 g/mol. The number of fused-ring (bicyclic) bond motifs is 1. The molecule has 0 spiro atoms. The Kier molecular flexibility index (Phi) is 4.11. The van der Waals surface area contributed by atoms with E-state index in [4.69, 9.17) is 0 Å².